The Morgan fingerprint density at radius 2 is 1.12 bits per heavy atom. The van der Waals surface area contributed by atoms with Gasteiger partial charge in [-0.1, -0.05) is 102 Å². The molecule has 182 valence electrons. The summed E-state index contributed by atoms with van der Waals surface area (Å²) in [6.45, 7) is 2.74. The Hall–Kier alpha value is -1.55. The molecule has 0 amide bonds. The number of ether oxygens (including phenoxy) is 2. The predicted octanol–water partition coefficient (Wildman–Crippen LogP) is 8.44. The van der Waals surface area contributed by atoms with Crippen molar-refractivity contribution in [3.05, 3.63) is 29.3 Å². The maximum absolute atomic E-state index is 11.8. The number of hydrogen-bond donors (Lipinski definition) is 0. The highest BCUT2D eigenvalue weighted by Gasteiger charge is 2.08. The molecule has 1 rings (SSSR count). The van der Waals surface area contributed by atoms with Crippen molar-refractivity contribution in [2.24, 2.45) is 0 Å². The second kappa shape index (κ2) is 20.1. The number of carbonyl (C=O) groups excluding carboxylic acids is 2. The summed E-state index contributed by atoms with van der Waals surface area (Å²) in [7, 11) is 0. The van der Waals surface area contributed by atoms with E-state index in [-0.39, 0.29) is 24.8 Å². The van der Waals surface area contributed by atoms with E-state index in [0.717, 1.165) is 12.8 Å². The van der Waals surface area contributed by atoms with E-state index in [4.69, 9.17) is 21.1 Å². The van der Waals surface area contributed by atoms with Gasteiger partial charge in [0, 0.05) is 17.9 Å². The third kappa shape index (κ3) is 17.1. The summed E-state index contributed by atoms with van der Waals surface area (Å²) >= 11 is 5.79. The van der Waals surface area contributed by atoms with E-state index >= 15 is 0 Å². The topological polar surface area (TPSA) is 52.6 Å². The van der Waals surface area contributed by atoms with E-state index in [1.165, 1.54) is 77.0 Å². The number of hydrogen-bond acceptors (Lipinski definition) is 4. The third-order valence-electron chi connectivity index (χ3n) is 5.57. The number of esters is 2. The van der Waals surface area contributed by atoms with Crippen LogP contribution >= 0.6 is 11.6 Å². The fourth-order valence-electron chi connectivity index (χ4n) is 3.62. The van der Waals surface area contributed by atoms with Crippen LogP contribution in [0.4, 0.5) is 0 Å². The fraction of sp³-hybridized carbons (Fsp3) is 0.704. The number of halogens is 1. The molecule has 1 aromatic carbocycles. The zero-order chi connectivity index (χ0) is 23.3. The molecule has 0 unspecified atom stereocenters. The Labute approximate surface area is 200 Å². The molecule has 0 saturated heterocycles. The lowest BCUT2D eigenvalue weighted by atomic mass is 10.0. The van der Waals surface area contributed by atoms with E-state index in [1.54, 1.807) is 24.3 Å². The molecule has 0 spiro atoms. The summed E-state index contributed by atoms with van der Waals surface area (Å²) in [4.78, 5) is 23.5. The second-order valence-corrected chi connectivity index (χ2v) is 9.03. The van der Waals surface area contributed by atoms with Crippen molar-refractivity contribution in [2.45, 2.75) is 116 Å². The van der Waals surface area contributed by atoms with Crippen molar-refractivity contribution in [2.75, 3.05) is 6.61 Å². The highest BCUT2D eigenvalue weighted by atomic mass is 35.5. The minimum Gasteiger partial charge on any atom is -0.466 e. The van der Waals surface area contributed by atoms with E-state index in [0.29, 0.717) is 23.8 Å². The van der Waals surface area contributed by atoms with E-state index in [9.17, 15) is 9.59 Å². The van der Waals surface area contributed by atoms with Crippen LogP contribution < -0.4 is 4.74 Å². The molecular formula is C27H43ClO4. The van der Waals surface area contributed by atoms with Crippen LogP contribution in [0.3, 0.4) is 0 Å². The first-order valence-electron chi connectivity index (χ1n) is 12.7. The quantitative estimate of drug-likeness (QED) is 0.110. The highest BCUT2D eigenvalue weighted by Crippen LogP contribution is 2.16. The van der Waals surface area contributed by atoms with E-state index in [1.807, 2.05) is 0 Å². The summed E-state index contributed by atoms with van der Waals surface area (Å²) in [6.07, 6.45) is 19.2. The first kappa shape index (κ1) is 28.5. The summed E-state index contributed by atoms with van der Waals surface area (Å²) < 4.78 is 10.4. The summed E-state index contributed by atoms with van der Waals surface area (Å²) in [5.41, 5.74) is 0. The fourth-order valence-corrected chi connectivity index (χ4v) is 3.74. The van der Waals surface area contributed by atoms with Gasteiger partial charge in [-0.25, -0.2) is 0 Å². The number of carbonyl (C=O) groups is 2. The lowest BCUT2D eigenvalue weighted by Crippen LogP contribution is -2.10. The maximum atomic E-state index is 11.8. The normalized spacial score (nSPS) is 10.8. The van der Waals surface area contributed by atoms with Gasteiger partial charge in [-0.2, -0.15) is 0 Å². The van der Waals surface area contributed by atoms with E-state index < -0.39 is 0 Å². The van der Waals surface area contributed by atoms with Gasteiger partial charge in [0.05, 0.1) is 6.61 Å². The summed E-state index contributed by atoms with van der Waals surface area (Å²) in [6, 6.07) is 6.62. The van der Waals surface area contributed by atoms with Crippen LogP contribution in [0.2, 0.25) is 5.02 Å². The molecule has 0 aromatic heterocycles. The van der Waals surface area contributed by atoms with Crippen LogP contribution in [0.5, 0.6) is 5.75 Å². The molecule has 0 atom stereocenters. The lowest BCUT2D eigenvalue weighted by molar-refractivity contribution is -0.144. The van der Waals surface area contributed by atoms with Crippen LogP contribution in [-0.2, 0) is 14.3 Å². The lowest BCUT2D eigenvalue weighted by Gasteiger charge is -2.06. The third-order valence-corrected chi connectivity index (χ3v) is 5.82. The number of benzene rings is 1. The van der Waals surface area contributed by atoms with Crippen LogP contribution in [0.25, 0.3) is 0 Å². The highest BCUT2D eigenvalue weighted by molar-refractivity contribution is 6.30. The Bertz CT molecular complexity index is 600. The Kier molecular flexibility index (Phi) is 17.9. The monoisotopic (exact) mass is 466 g/mol. The standard InChI is InChI=1S/C27H43ClO4/c1-2-3-4-5-6-7-8-9-10-11-12-13-14-15-23-31-26(29)17-16-18-27(30)32-25-21-19-24(28)20-22-25/h19-22H,2-18,23H2,1H3. The van der Waals surface area contributed by atoms with Crippen LogP contribution in [-0.4, -0.2) is 18.5 Å². The largest absolute Gasteiger partial charge is 0.466 e. The number of rotatable bonds is 20. The van der Waals surface area contributed by atoms with Gasteiger partial charge in [0.15, 0.2) is 0 Å². The molecular weight excluding hydrogens is 424 g/mol. The van der Waals surface area contributed by atoms with Gasteiger partial charge in [0.25, 0.3) is 0 Å². The van der Waals surface area contributed by atoms with Gasteiger partial charge >= 0.3 is 11.9 Å². The summed E-state index contributed by atoms with van der Waals surface area (Å²) in [5.74, 6) is -0.133. The predicted molar refractivity (Wildman–Crippen MR) is 132 cm³/mol. The second-order valence-electron chi connectivity index (χ2n) is 8.60. The Balaban J connectivity index is 1.83. The zero-order valence-corrected chi connectivity index (χ0v) is 20.8. The van der Waals surface area contributed by atoms with Gasteiger partial charge < -0.3 is 9.47 Å². The molecule has 0 N–H and O–H groups in total. The van der Waals surface area contributed by atoms with Crippen LogP contribution in [0.1, 0.15) is 116 Å². The van der Waals surface area contributed by atoms with E-state index in [2.05, 4.69) is 6.92 Å². The molecule has 0 aliphatic heterocycles. The molecule has 0 radical (unpaired) electrons. The summed E-state index contributed by atoms with van der Waals surface area (Å²) in [5, 5.41) is 0.589. The number of unbranched alkanes of at least 4 members (excludes halogenated alkanes) is 13. The average Bonchev–Trinajstić information content (AvgIpc) is 2.78. The maximum Gasteiger partial charge on any atom is 0.311 e. The molecule has 32 heavy (non-hydrogen) atoms. The van der Waals surface area contributed by atoms with Gasteiger partial charge in [-0.15, -0.1) is 0 Å². The van der Waals surface area contributed by atoms with Gasteiger partial charge in [0.1, 0.15) is 5.75 Å². The van der Waals surface area contributed by atoms with Gasteiger partial charge in [-0.05, 0) is 37.1 Å². The van der Waals surface area contributed by atoms with Crippen LogP contribution in [0, 0.1) is 0 Å². The molecule has 0 heterocycles. The van der Waals surface area contributed by atoms with Crippen molar-refractivity contribution in [3.63, 3.8) is 0 Å². The average molecular weight is 467 g/mol. The first-order chi connectivity index (χ1) is 15.6. The Morgan fingerprint density at radius 1 is 0.656 bits per heavy atom. The molecule has 5 heteroatoms. The molecule has 0 aliphatic carbocycles. The minimum atomic E-state index is -0.355. The molecule has 0 aliphatic rings. The smallest absolute Gasteiger partial charge is 0.311 e. The van der Waals surface area contributed by atoms with Crippen molar-refractivity contribution >= 4 is 23.5 Å². The Morgan fingerprint density at radius 3 is 1.66 bits per heavy atom. The van der Waals surface area contributed by atoms with Crippen LogP contribution in [0.15, 0.2) is 24.3 Å². The molecule has 0 fully saturated rings. The molecule has 4 nitrogen and oxygen atoms in total. The SMILES string of the molecule is CCCCCCCCCCCCCCCCOC(=O)CCCC(=O)Oc1ccc(Cl)cc1. The first-order valence-corrected chi connectivity index (χ1v) is 13.1. The van der Waals surface area contributed by atoms with Crippen molar-refractivity contribution < 1.29 is 19.1 Å². The van der Waals surface area contributed by atoms with Crippen molar-refractivity contribution in [1.29, 1.82) is 0 Å². The van der Waals surface area contributed by atoms with Crippen molar-refractivity contribution in [3.8, 4) is 5.75 Å². The molecule has 1 aromatic rings. The van der Waals surface area contributed by atoms with Crippen molar-refractivity contribution in [1.82, 2.24) is 0 Å². The molecule has 0 bridgehead atoms. The minimum absolute atomic E-state index is 0.191. The zero-order valence-electron chi connectivity index (χ0n) is 20.0. The molecule has 0 saturated carbocycles. The van der Waals surface area contributed by atoms with Gasteiger partial charge in [0.2, 0.25) is 0 Å². The van der Waals surface area contributed by atoms with Gasteiger partial charge in [-0.3, -0.25) is 9.59 Å².